The Balaban J connectivity index is 2.24. The first kappa shape index (κ1) is 15.8. The Morgan fingerprint density at radius 2 is 1.68 bits per heavy atom. The fourth-order valence-electron chi connectivity index (χ4n) is 1.94. The van der Waals surface area contributed by atoms with Gasteiger partial charge in [0.05, 0.1) is 0 Å². The number of halogens is 3. The van der Waals surface area contributed by atoms with Gasteiger partial charge in [0.2, 0.25) is 5.76 Å². The molecule has 0 aliphatic rings. The van der Waals surface area contributed by atoms with Crippen molar-refractivity contribution in [2.24, 2.45) is 0 Å². The van der Waals surface area contributed by atoms with Gasteiger partial charge in [-0.05, 0) is 18.1 Å². The summed E-state index contributed by atoms with van der Waals surface area (Å²) in [5.74, 6) is -2.80. The van der Waals surface area contributed by atoms with Crippen LogP contribution in [0.25, 0.3) is 11.1 Å². The zero-order valence-electron chi connectivity index (χ0n) is 11.7. The Hall–Kier alpha value is -2.56. The van der Waals surface area contributed by atoms with Gasteiger partial charge in [0.1, 0.15) is 0 Å². The molecule has 0 bridgehead atoms. The third-order valence-corrected chi connectivity index (χ3v) is 3.08. The largest absolute Gasteiger partial charge is 0.504 e. The van der Waals surface area contributed by atoms with E-state index in [0.29, 0.717) is 0 Å². The molecule has 0 spiro atoms. The lowest BCUT2D eigenvalue weighted by molar-refractivity contribution is -0.120. The van der Waals surface area contributed by atoms with Crippen molar-refractivity contribution in [2.45, 2.75) is 13.1 Å². The molecule has 2 aromatic rings. The third kappa shape index (κ3) is 3.75. The number of benzene rings is 2. The molecule has 2 rings (SSSR count). The van der Waals surface area contributed by atoms with E-state index in [0.717, 1.165) is 16.7 Å². The van der Waals surface area contributed by atoms with E-state index < -0.39 is 17.7 Å². The first-order valence-electron chi connectivity index (χ1n) is 6.46. The fourth-order valence-corrected chi connectivity index (χ4v) is 1.94. The van der Waals surface area contributed by atoms with Crippen molar-refractivity contribution in [1.82, 2.24) is 0 Å². The zero-order chi connectivity index (χ0) is 16.3. The molecule has 22 heavy (non-hydrogen) atoms. The van der Waals surface area contributed by atoms with Gasteiger partial charge in [-0.15, -0.1) is 0 Å². The number of allylic oxidation sites excluding steroid dienone is 2. The minimum Gasteiger partial charge on any atom is -0.504 e. The average molecular weight is 306 g/mol. The lowest BCUT2D eigenvalue weighted by atomic mass is 10.0. The number of hydrogen-bond acceptors (Lipinski definition) is 2. The molecular formula is C17H13F3O2. The van der Waals surface area contributed by atoms with Gasteiger partial charge in [-0.3, -0.25) is 4.79 Å². The smallest absolute Gasteiger partial charge is 0.448 e. The minimum atomic E-state index is -4.92. The highest BCUT2D eigenvalue weighted by molar-refractivity contribution is 6.05. The monoisotopic (exact) mass is 306 g/mol. The number of aliphatic hydroxyl groups is 1. The van der Waals surface area contributed by atoms with E-state index in [2.05, 4.69) is 0 Å². The molecule has 0 saturated carbocycles. The second-order valence-electron chi connectivity index (χ2n) is 4.84. The first-order chi connectivity index (χ1) is 10.3. The standard InChI is InChI=1S/C17H13F3O2/c1-11-3-2-4-14(9-11)12-5-7-13(8-6-12)15(21)10-16(22)17(18,19)20/h2-10,22H,1H3/b16-10-. The predicted molar refractivity (Wildman–Crippen MR) is 77.7 cm³/mol. The molecule has 0 saturated heterocycles. The molecule has 2 nitrogen and oxygen atoms in total. The minimum absolute atomic E-state index is 0.0761. The fraction of sp³-hybridized carbons (Fsp3) is 0.118. The Labute approximate surface area is 125 Å². The summed E-state index contributed by atoms with van der Waals surface area (Å²) >= 11 is 0. The van der Waals surface area contributed by atoms with Crippen molar-refractivity contribution in [2.75, 3.05) is 0 Å². The van der Waals surface area contributed by atoms with Crippen LogP contribution < -0.4 is 0 Å². The summed E-state index contributed by atoms with van der Waals surface area (Å²) in [6.07, 6.45) is -4.74. The quantitative estimate of drug-likeness (QED) is 0.500. The Morgan fingerprint density at radius 3 is 2.23 bits per heavy atom. The molecule has 0 unspecified atom stereocenters. The second kappa shape index (κ2) is 6.05. The number of hydrogen-bond donors (Lipinski definition) is 1. The van der Waals surface area contributed by atoms with Crippen LogP contribution in [-0.2, 0) is 0 Å². The summed E-state index contributed by atoms with van der Waals surface area (Å²) < 4.78 is 36.5. The molecule has 0 fully saturated rings. The van der Waals surface area contributed by atoms with E-state index in [1.54, 1.807) is 12.1 Å². The molecule has 2 aromatic carbocycles. The van der Waals surface area contributed by atoms with Crippen LogP contribution in [0.15, 0.2) is 60.4 Å². The van der Waals surface area contributed by atoms with Crippen LogP contribution in [0.3, 0.4) is 0 Å². The Morgan fingerprint density at radius 1 is 1.05 bits per heavy atom. The molecule has 1 N–H and O–H groups in total. The van der Waals surface area contributed by atoms with Gasteiger partial charge in [-0.25, -0.2) is 0 Å². The maximum absolute atomic E-state index is 12.2. The molecule has 0 aliphatic heterocycles. The summed E-state index contributed by atoms with van der Waals surface area (Å²) in [6.45, 7) is 1.95. The van der Waals surface area contributed by atoms with Gasteiger partial charge in [-0.2, -0.15) is 13.2 Å². The second-order valence-corrected chi connectivity index (χ2v) is 4.84. The molecular weight excluding hydrogens is 293 g/mol. The van der Waals surface area contributed by atoms with Gasteiger partial charge in [-0.1, -0.05) is 54.1 Å². The number of ketones is 1. The van der Waals surface area contributed by atoms with Crippen LogP contribution in [0.1, 0.15) is 15.9 Å². The normalized spacial score (nSPS) is 12.3. The number of aryl methyl sites for hydroxylation is 1. The van der Waals surface area contributed by atoms with Crippen molar-refractivity contribution in [3.8, 4) is 11.1 Å². The van der Waals surface area contributed by atoms with Crippen molar-refractivity contribution >= 4 is 5.78 Å². The zero-order valence-corrected chi connectivity index (χ0v) is 11.7. The SMILES string of the molecule is Cc1cccc(-c2ccc(C(=O)/C=C(\O)C(F)(F)F)cc2)c1. The van der Waals surface area contributed by atoms with Crippen LogP contribution in [0.4, 0.5) is 13.2 Å². The van der Waals surface area contributed by atoms with Crippen molar-refractivity contribution in [3.63, 3.8) is 0 Å². The van der Waals surface area contributed by atoms with Crippen LogP contribution in [0.2, 0.25) is 0 Å². The van der Waals surface area contributed by atoms with E-state index in [4.69, 9.17) is 5.11 Å². The lowest BCUT2D eigenvalue weighted by Crippen LogP contribution is -2.13. The molecule has 0 heterocycles. The van der Waals surface area contributed by atoms with Crippen LogP contribution in [-0.4, -0.2) is 17.1 Å². The highest BCUT2D eigenvalue weighted by Crippen LogP contribution is 2.24. The first-order valence-corrected chi connectivity index (χ1v) is 6.46. The lowest BCUT2D eigenvalue weighted by Gasteiger charge is -2.05. The van der Waals surface area contributed by atoms with Crippen LogP contribution in [0, 0.1) is 6.92 Å². The highest BCUT2D eigenvalue weighted by atomic mass is 19.4. The number of alkyl halides is 3. The third-order valence-electron chi connectivity index (χ3n) is 3.08. The van der Waals surface area contributed by atoms with E-state index in [-0.39, 0.29) is 11.6 Å². The van der Waals surface area contributed by atoms with E-state index in [9.17, 15) is 18.0 Å². The van der Waals surface area contributed by atoms with Crippen LogP contribution in [0.5, 0.6) is 0 Å². The highest BCUT2D eigenvalue weighted by Gasteiger charge is 2.34. The molecule has 0 amide bonds. The molecule has 0 atom stereocenters. The summed E-state index contributed by atoms with van der Waals surface area (Å²) in [7, 11) is 0. The van der Waals surface area contributed by atoms with Crippen molar-refractivity contribution in [3.05, 3.63) is 71.5 Å². The maximum atomic E-state index is 12.2. The number of carbonyl (C=O) groups excluding carboxylic acids is 1. The summed E-state index contributed by atoms with van der Waals surface area (Å²) in [5.41, 5.74) is 2.96. The summed E-state index contributed by atoms with van der Waals surface area (Å²) in [5, 5.41) is 8.80. The molecule has 114 valence electrons. The summed E-state index contributed by atoms with van der Waals surface area (Å²) in [6, 6.07) is 13.9. The maximum Gasteiger partial charge on any atom is 0.448 e. The van der Waals surface area contributed by atoms with Gasteiger partial charge < -0.3 is 5.11 Å². The van der Waals surface area contributed by atoms with Crippen LogP contribution >= 0.6 is 0 Å². The van der Waals surface area contributed by atoms with Gasteiger partial charge in [0.15, 0.2) is 5.78 Å². The predicted octanol–water partition coefficient (Wildman–Crippen LogP) is 4.85. The number of aliphatic hydroxyl groups excluding tert-OH is 1. The molecule has 5 heteroatoms. The number of rotatable bonds is 3. The molecule has 0 aromatic heterocycles. The topological polar surface area (TPSA) is 37.3 Å². The summed E-state index contributed by atoms with van der Waals surface area (Å²) in [4.78, 5) is 11.7. The van der Waals surface area contributed by atoms with Gasteiger partial charge in [0.25, 0.3) is 0 Å². The van der Waals surface area contributed by atoms with Crippen molar-refractivity contribution < 1.29 is 23.1 Å². The number of carbonyl (C=O) groups is 1. The van der Waals surface area contributed by atoms with Gasteiger partial charge in [0, 0.05) is 11.6 Å². The Kier molecular flexibility index (Phi) is 4.35. The molecule has 0 radical (unpaired) electrons. The van der Waals surface area contributed by atoms with E-state index in [1.807, 2.05) is 31.2 Å². The molecule has 0 aliphatic carbocycles. The van der Waals surface area contributed by atoms with E-state index >= 15 is 0 Å². The van der Waals surface area contributed by atoms with Gasteiger partial charge >= 0.3 is 6.18 Å². The average Bonchev–Trinajstić information content (AvgIpc) is 2.46. The Bertz CT molecular complexity index is 713. The van der Waals surface area contributed by atoms with E-state index in [1.165, 1.54) is 12.1 Å². The van der Waals surface area contributed by atoms with Crippen molar-refractivity contribution in [1.29, 1.82) is 0 Å².